The van der Waals surface area contributed by atoms with Gasteiger partial charge < -0.3 is 38.3 Å². The molecule has 4 unspecified atom stereocenters. The molecule has 182 valence electrons. The van der Waals surface area contributed by atoms with E-state index in [-0.39, 0.29) is 30.9 Å². The number of rotatable bonds is 15. The number of nitrogens with two attached hydrogens (primary N) is 3. The number of hydrogen-bond acceptors (Lipinski definition) is 8. The maximum Gasteiger partial charge on any atom is 0.326 e. The van der Waals surface area contributed by atoms with Gasteiger partial charge in [-0.15, -0.1) is 0 Å². The maximum atomic E-state index is 12.6. The lowest BCUT2D eigenvalue weighted by Gasteiger charge is -2.24. The highest BCUT2D eigenvalue weighted by atomic mass is 32.1. The first-order valence-corrected chi connectivity index (χ1v) is 10.5. The van der Waals surface area contributed by atoms with E-state index in [2.05, 4.69) is 28.6 Å². The fourth-order valence-electron chi connectivity index (χ4n) is 2.58. The number of primary amides is 2. The molecule has 0 saturated heterocycles. The van der Waals surface area contributed by atoms with E-state index < -0.39 is 66.1 Å². The van der Waals surface area contributed by atoms with Crippen LogP contribution in [0.15, 0.2) is 0 Å². The normalized spacial score (nSPS) is 14.5. The van der Waals surface area contributed by atoms with Crippen LogP contribution in [0.3, 0.4) is 0 Å². The molecule has 0 heterocycles. The van der Waals surface area contributed by atoms with Gasteiger partial charge in [-0.25, -0.2) is 4.79 Å². The quantitative estimate of drug-likeness (QED) is 0.113. The Kier molecular flexibility index (Phi) is 13.0. The minimum atomic E-state index is -1.30. The van der Waals surface area contributed by atoms with Crippen LogP contribution in [0.25, 0.3) is 0 Å². The van der Waals surface area contributed by atoms with Gasteiger partial charge in [-0.2, -0.15) is 12.6 Å². The Balaban J connectivity index is 5.35. The van der Waals surface area contributed by atoms with Crippen LogP contribution in [0.4, 0.5) is 0 Å². The molecule has 10 N–H and O–H groups in total. The van der Waals surface area contributed by atoms with Gasteiger partial charge in [0.25, 0.3) is 0 Å². The van der Waals surface area contributed by atoms with E-state index in [0.717, 1.165) is 0 Å². The van der Waals surface area contributed by atoms with Gasteiger partial charge in [-0.3, -0.25) is 24.0 Å². The lowest BCUT2D eigenvalue weighted by atomic mass is 10.0. The van der Waals surface area contributed by atoms with E-state index in [1.165, 1.54) is 0 Å². The number of nitrogens with one attached hydrogen (secondary N) is 3. The van der Waals surface area contributed by atoms with Gasteiger partial charge >= 0.3 is 5.97 Å². The van der Waals surface area contributed by atoms with Crippen molar-refractivity contribution in [1.29, 1.82) is 0 Å². The van der Waals surface area contributed by atoms with Crippen LogP contribution in [0.1, 0.15) is 39.5 Å². The van der Waals surface area contributed by atoms with E-state index in [0.29, 0.717) is 0 Å². The van der Waals surface area contributed by atoms with E-state index in [9.17, 15) is 33.9 Å². The molecule has 0 aliphatic heterocycles. The second kappa shape index (κ2) is 14.2. The second-order valence-corrected chi connectivity index (χ2v) is 7.98. The van der Waals surface area contributed by atoms with Crippen LogP contribution in [-0.2, 0) is 28.8 Å². The highest BCUT2D eigenvalue weighted by molar-refractivity contribution is 7.80. The third kappa shape index (κ3) is 11.5. The van der Waals surface area contributed by atoms with E-state index >= 15 is 0 Å². The molecule has 0 bridgehead atoms. The average molecular weight is 477 g/mol. The number of carboxylic acid groups (broad SMARTS) is 1. The Labute approximate surface area is 191 Å². The Morgan fingerprint density at radius 3 is 1.78 bits per heavy atom. The number of carbonyl (C=O) groups excluding carboxylic acids is 5. The van der Waals surface area contributed by atoms with Crippen molar-refractivity contribution >= 4 is 48.1 Å². The van der Waals surface area contributed by atoms with Gasteiger partial charge in [0.05, 0.1) is 12.5 Å². The predicted octanol–water partition coefficient (Wildman–Crippen LogP) is -3.03. The number of thiol groups is 1. The number of amides is 5. The van der Waals surface area contributed by atoms with Crippen LogP contribution < -0.4 is 33.2 Å². The third-order valence-corrected chi connectivity index (χ3v) is 4.57. The molecule has 13 nitrogen and oxygen atoms in total. The van der Waals surface area contributed by atoms with Crippen molar-refractivity contribution in [2.75, 3.05) is 5.75 Å². The summed E-state index contributed by atoms with van der Waals surface area (Å²) in [4.78, 5) is 70.7. The summed E-state index contributed by atoms with van der Waals surface area (Å²) in [6, 6.07) is -5.03. The molecular weight excluding hydrogens is 444 g/mol. The van der Waals surface area contributed by atoms with Gasteiger partial charge in [0.1, 0.15) is 18.1 Å². The van der Waals surface area contributed by atoms with Crippen molar-refractivity contribution in [1.82, 2.24) is 16.0 Å². The molecule has 0 aromatic carbocycles. The van der Waals surface area contributed by atoms with Crippen LogP contribution in [0.5, 0.6) is 0 Å². The zero-order valence-corrected chi connectivity index (χ0v) is 18.9. The van der Waals surface area contributed by atoms with E-state index in [1.807, 2.05) is 0 Å². The summed E-state index contributed by atoms with van der Waals surface area (Å²) < 4.78 is 0. The minimum Gasteiger partial charge on any atom is -0.480 e. The number of aliphatic carboxylic acids is 1. The molecule has 4 atom stereocenters. The Morgan fingerprint density at radius 1 is 0.844 bits per heavy atom. The van der Waals surface area contributed by atoms with Crippen LogP contribution >= 0.6 is 12.6 Å². The molecule has 0 radical (unpaired) electrons. The van der Waals surface area contributed by atoms with E-state index in [4.69, 9.17) is 17.2 Å². The molecule has 5 amide bonds. The highest BCUT2D eigenvalue weighted by Crippen LogP contribution is 2.07. The average Bonchev–Trinajstić information content (AvgIpc) is 2.66. The van der Waals surface area contributed by atoms with Crippen molar-refractivity contribution in [3.05, 3.63) is 0 Å². The summed E-state index contributed by atoms with van der Waals surface area (Å²) in [6.45, 7) is 3.55. The van der Waals surface area contributed by atoms with Gasteiger partial charge in [0.2, 0.25) is 29.5 Å². The molecule has 0 fully saturated rings. The number of carbonyl (C=O) groups is 6. The molecule has 0 saturated carbocycles. The van der Waals surface area contributed by atoms with Crippen molar-refractivity contribution in [3.8, 4) is 0 Å². The summed E-state index contributed by atoms with van der Waals surface area (Å²) in [5.41, 5.74) is 15.6. The van der Waals surface area contributed by atoms with Crippen molar-refractivity contribution in [2.45, 2.75) is 63.7 Å². The highest BCUT2D eigenvalue weighted by Gasteiger charge is 2.30. The third-order valence-electron chi connectivity index (χ3n) is 4.21. The summed E-state index contributed by atoms with van der Waals surface area (Å²) in [5.74, 6) is -5.51. The summed E-state index contributed by atoms with van der Waals surface area (Å²) in [6.07, 6.45) is -0.759. The molecule has 0 aliphatic rings. The largest absolute Gasteiger partial charge is 0.480 e. The van der Waals surface area contributed by atoms with Gasteiger partial charge in [0.15, 0.2) is 0 Å². The fraction of sp³-hybridized carbons (Fsp3) is 0.667. The fourth-order valence-corrected chi connectivity index (χ4v) is 2.83. The molecule has 0 aromatic rings. The molecule has 0 rings (SSSR count). The number of carboxylic acids is 1. The Hall–Kier alpha value is -2.87. The Bertz CT molecular complexity index is 718. The van der Waals surface area contributed by atoms with Crippen LogP contribution in [0, 0.1) is 5.92 Å². The predicted molar refractivity (Wildman–Crippen MR) is 117 cm³/mol. The van der Waals surface area contributed by atoms with Gasteiger partial charge in [-0.1, -0.05) is 13.8 Å². The number of hydrogen-bond donors (Lipinski definition) is 8. The lowest BCUT2D eigenvalue weighted by Crippen LogP contribution is -2.58. The standard InChI is InChI=1S/C18H32N6O7S/c1-8(2)5-11(18(30)31)23-16(28)10(3-4-13(20)25)22-17(29)12(7-32)24-15(27)9(19)6-14(21)26/h8-12,32H,3-7,19H2,1-2H3,(H2,20,25)(H2,21,26)(H,22,29)(H,23,28)(H,24,27)(H,30,31). The van der Waals surface area contributed by atoms with E-state index in [1.54, 1.807) is 13.8 Å². The Morgan fingerprint density at radius 2 is 1.34 bits per heavy atom. The van der Waals surface area contributed by atoms with Crippen LogP contribution in [-0.4, -0.2) is 70.5 Å². The van der Waals surface area contributed by atoms with Gasteiger partial charge in [0, 0.05) is 12.2 Å². The molecule has 32 heavy (non-hydrogen) atoms. The molecule has 0 aliphatic carbocycles. The summed E-state index contributed by atoms with van der Waals surface area (Å²) in [5, 5.41) is 16.3. The summed E-state index contributed by atoms with van der Waals surface area (Å²) >= 11 is 3.99. The maximum absolute atomic E-state index is 12.6. The minimum absolute atomic E-state index is 0.0385. The molecule has 14 heteroatoms. The molecule has 0 aromatic heterocycles. The second-order valence-electron chi connectivity index (χ2n) is 7.62. The first-order chi connectivity index (χ1) is 14.8. The van der Waals surface area contributed by atoms with Crippen molar-refractivity contribution in [2.24, 2.45) is 23.1 Å². The lowest BCUT2D eigenvalue weighted by molar-refractivity contribution is -0.143. The van der Waals surface area contributed by atoms with Crippen molar-refractivity contribution < 1.29 is 33.9 Å². The monoisotopic (exact) mass is 476 g/mol. The summed E-state index contributed by atoms with van der Waals surface area (Å²) in [7, 11) is 0. The van der Waals surface area contributed by atoms with Gasteiger partial charge in [-0.05, 0) is 18.8 Å². The zero-order valence-electron chi connectivity index (χ0n) is 18.0. The van der Waals surface area contributed by atoms with Crippen molar-refractivity contribution in [3.63, 3.8) is 0 Å². The smallest absolute Gasteiger partial charge is 0.326 e. The van der Waals surface area contributed by atoms with Crippen LogP contribution in [0.2, 0.25) is 0 Å². The first-order valence-electron chi connectivity index (χ1n) is 9.85. The first kappa shape index (κ1) is 29.1. The topological polar surface area (TPSA) is 237 Å². The SMILES string of the molecule is CC(C)CC(NC(=O)C(CCC(N)=O)NC(=O)C(CS)NC(=O)C(N)CC(N)=O)C(=O)O. The molecule has 0 spiro atoms. The molecular formula is C18H32N6O7S. The zero-order chi connectivity index (χ0) is 25.0.